The Hall–Kier alpha value is -3.26. The van der Waals surface area contributed by atoms with Gasteiger partial charge in [0.1, 0.15) is 0 Å². The van der Waals surface area contributed by atoms with Crippen molar-refractivity contribution in [1.82, 2.24) is 0 Å². The highest BCUT2D eigenvalue weighted by Gasteiger charge is 2.27. The van der Waals surface area contributed by atoms with Gasteiger partial charge in [-0.15, -0.1) is 0 Å². The normalized spacial score (nSPS) is 13.0. The van der Waals surface area contributed by atoms with Gasteiger partial charge < -0.3 is 0 Å². The molecule has 0 aliphatic carbocycles. The molecule has 0 aliphatic heterocycles. The van der Waals surface area contributed by atoms with Gasteiger partial charge in [0.05, 0.1) is 21.5 Å². The fourth-order valence-corrected chi connectivity index (χ4v) is 4.65. The van der Waals surface area contributed by atoms with E-state index in [1.165, 1.54) is 54.1 Å². The van der Waals surface area contributed by atoms with Gasteiger partial charge in [0.2, 0.25) is 11.0 Å². The van der Waals surface area contributed by atoms with E-state index in [0.29, 0.717) is 0 Å². The van der Waals surface area contributed by atoms with Gasteiger partial charge >= 0.3 is 0 Å². The van der Waals surface area contributed by atoms with Crippen molar-refractivity contribution in [3.8, 4) is 0 Å². The van der Waals surface area contributed by atoms with Gasteiger partial charge in [0.25, 0.3) is 0 Å². The number of benzene rings is 3. The Kier molecular flexibility index (Phi) is 1.63. The molecule has 0 N–H and O–H groups in total. The van der Waals surface area contributed by atoms with Gasteiger partial charge in [0, 0.05) is 24.3 Å². The van der Waals surface area contributed by atoms with Crippen LogP contribution in [0.3, 0.4) is 0 Å². The van der Waals surface area contributed by atoms with Crippen molar-refractivity contribution in [3.63, 3.8) is 0 Å². The van der Waals surface area contributed by atoms with Gasteiger partial charge in [-0.05, 0) is 21.5 Å². The van der Waals surface area contributed by atoms with Crippen molar-refractivity contribution in [1.29, 1.82) is 0 Å². The molecule has 0 saturated heterocycles. The van der Waals surface area contributed by atoms with Crippen molar-refractivity contribution in [2.75, 3.05) is 0 Å². The van der Waals surface area contributed by atoms with Crippen molar-refractivity contribution >= 4 is 54.1 Å². The predicted octanol–water partition coefficient (Wildman–Crippen LogP) is 4.09. The molecule has 0 aliphatic rings. The zero-order chi connectivity index (χ0) is 15.4. The molecule has 0 atom stereocenters. The molecule has 0 fully saturated rings. The van der Waals surface area contributed by atoms with Crippen LogP contribution in [0.4, 0.5) is 0 Å². The summed E-state index contributed by atoms with van der Waals surface area (Å²) < 4.78 is 4.56. The van der Waals surface area contributed by atoms with Gasteiger partial charge in [-0.2, -0.15) is 8.80 Å². The van der Waals surface area contributed by atoms with Crippen molar-refractivity contribution in [2.24, 2.45) is 0 Å². The molecule has 2 nitrogen and oxygen atoms in total. The Bertz CT molecular complexity index is 1150. The maximum Gasteiger partial charge on any atom is 0.228 e. The topological polar surface area (TPSA) is 8.20 Å². The van der Waals surface area contributed by atoms with Crippen LogP contribution in [-0.4, -0.2) is 0 Å². The maximum atomic E-state index is 2.28. The van der Waals surface area contributed by atoms with E-state index in [2.05, 4.69) is 82.1 Å². The first kappa shape index (κ1) is 11.3. The summed E-state index contributed by atoms with van der Waals surface area (Å²) in [5.74, 6) is 0. The van der Waals surface area contributed by atoms with Crippen LogP contribution in [0.2, 0.25) is 0 Å². The summed E-state index contributed by atoms with van der Waals surface area (Å²) in [7, 11) is 0. The lowest BCUT2D eigenvalue weighted by atomic mass is 9.90. The lowest BCUT2D eigenvalue weighted by molar-refractivity contribution is -0.511. The van der Waals surface area contributed by atoms with Gasteiger partial charge in [-0.25, -0.2) is 0 Å². The van der Waals surface area contributed by atoms with Crippen LogP contribution in [0.5, 0.6) is 0 Å². The highest BCUT2D eigenvalue weighted by Crippen LogP contribution is 2.41. The van der Waals surface area contributed by atoms with Crippen LogP contribution in [0.1, 0.15) is 0 Å². The quantitative estimate of drug-likeness (QED) is 0.227. The monoisotopic (exact) mass is 304 g/mol. The zero-order valence-electron chi connectivity index (χ0n) is 12.8. The van der Waals surface area contributed by atoms with Crippen molar-refractivity contribution < 1.29 is 8.80 Å². The fraction of sp³-hybridized carbons (Fsp3) is 0. The molecule has 0 radical (unpaired) electrons. The number of hydrogen-bond acceptors (Lipinski definition) is 0. The molecular formula is C22H12N2+2. The van der Waals surface area contributed by atoms with E-state index in [1.54, 1.807) is 0 Å². The van der Waals surface area contributed by atoms with Crippen LogP contribution in [0, 0.1) is 0 Å². The van der Waals surface area contributed by atoms with E-state index < -0.39 is 0 Å². The maximum absolute atomic E-state index is 2.28. The van der Waals surface area contributed by atoms with Crippen molar-refractivity contribution in [2.45, 2.75) is 0 Å². The van der Waals surface area contributed by atoms with E-state index >= 15 is 0 Å². The second-order valence-electron chi connectivity index (χ2n) is 6.76. The van der Waals surface area contributed by atoms with Crippen LogP contribution >= 0.6 is 0 Å². The summed E-state index contributed by atoms with van der Waals surface area (Å²) in [5.41, 5.74) is 2.68. The number of nitrogens with zero attached hydrogens (tertiary/aromatic N) is 2. The lowest BCUT2D eigenvalue weighted by Gasteiger charge is -2.13. The Morgan fingerprint density at radius 3 is 0.958 bits per heavy atom. The molecule has 0 unspecified atom stereocenters. The predicted molar refractivity (Wildman–Crippen MR) is 96.3 cm³/mol. The summed E-state index contributed by atoms with van der Waals surface area (Å²) in [6, 6.07) is 17.9. The van der Waals surface area contributed by atoms with E-state index in [4.69, 9.17) is 0 Å². The first-order valence-corrected chi connectivity index (χ1v) is 8.29. The van der Waals surface area contributed by atoms with Gasteiger partial charge in [-0.1, -0.05) is 24.3 Å². The third kappa shape index (κ3) is 1.06. The van der Waals surface area contributed by atoms with Crippen molar-refractivity contribution in [3.05, 3.63) is 73.3 Å². The van der Waals surface area contributed by atoms with E-state index in [1.807, 2.05) is 0 Å². The minimum atomic E-state index is 1.31. The number of aromatic nitrogens is 2. The molecule has 0 spiro atoms. The summed E-state index contributed by atoms with van der Waals surface area (Å²) in [6.45, 7) is 0. The highest BCUT2D eigenvalue weighted by molar-refractivity contribution is 6.35. The SMILES string of the molecule is c1cc2cc[n+]3ccc4ccc5cc[n+]6ccc1c1c2c3c4c5c16. The minimum absolute atomic E-state index is 1.31. The molecule has 3 aromatic carbocycles. The second kappa shape index (κ2) is 3.46. The largest absolute Gasteiger partial charge is 0.228 e. The zero-order valence-corrected chi connectivity index (χ0v) is 12.8. The molecule has 0 saturated carbocycles. The Balaban J connectivity index is 2.11. The first-order valence-electron chi connectivity index (χ1n) is 8.29. The van der Waals surface area contributed by atoms with Crippen LogP contribution in [0.25, 0.3) is 54.1 Å². The minimum Gasteiger partial charge on any atom is -0.166 e. The number of hydrogen-bond donors (Lipinski definition) is 0. The van der Waals surface area contributed by atoms with E-state index in [0.717, 1.165) is 0 Å². The highest BCUT2D eigenvalue weighted by atomic mass is 14.9. The Morgan fingerprint density at radius 1 is 0.375 bits per heavy atom. The summed E-state index contributed by atoms with van der Waals surface area (Å²) >= 11 is 0. The van der Waals surface area contributed by atoms with Gasteiger partial charge in [0.15, 0.2) is 24.8 Å². The average Bonchev–Trinajstić information content (AvgIpc) is 2.65. The molecule has 7 rings (SSSR count). The molecule has 24 heavy (non-hydrogen) atoms. The van der Waals surface area contributed by atoms with Crippen LogP contribution < -0.4 is 8.80 Å². The standard InChI is InChI=1S/C22H12N2/c1-2-14-6-10-24-12-8-16-4-3-15-7-11-23-9-5-13(1)17-18(14)22(24)20(16)19(15)21(17)23/h1-12H/q+2. The average molecular weight is 304 g/mol. The molecule has 7 aromatic rings. The molecule has 0 bridgehead atoms. The second-order valence-corrected chi connectivity index (χ2v) is 6.76. The Morgan fingerprint density at radius 2 is 0.667 bits per heavy atom. The Labute approximate surface area is 136 Å². The van der Waals surface area contributed by atoms with Crippen LogP contribution in [0.15, 0.2) is 73.3 Å². The number of rotatable bonds is 0. The number of pyridine rings is 4. The van der Waals surface area contributed by atoms with Gasteiger partial charge in [-0.3, -0.25) is 0 Å². The third-order valence-corrected chi connectivity index (χ3v) is 5.66. The molecule has 4 aromatic heterocycles. The smallest absolute Gasteiger partial charge is 0.166 e. The molecule has 4 heterocycles. The molecule has 2 heteroatoms. The lowest BCUT2D eigenvalue weighted by Crippen LogP contribution is -2.25. The summed E-state index contributed by atoms with van der Waals surface area (Å²) in [5, 5.41) is 10.8. The molecular weight excluding hydrogens is 292 g/mol. The van der Waals surface area contributed by atoms with Crippen LogP contribution in [-0.2, 0) is 0 Å². The summed E-state index contributed by atoms with van der Waals surface area (Å²) in [6.07, 6.45) is 8.73. The van der Waals surface area contributed by atoms with E-state index in [-0.39, 0.29) is 0 Å². The third-order valence-electron chi connectivity index (χ3n) is 5.66. The first-order chi connectivity index (χ1) is 11.9. The molecule has 108 valence electrons. The van der Waals surface area contributed by atoms with E-state index in [9.17, 15) is 0 Å². The molecule has 0 amide bonds. The fourth-order valence-electron chi connectivity index (χ4n) is 4.65. The summed E-state index contributed by atoms with van der Waals surface area (Å²) in [4.78, 5) is 0.